The summed E-state index contributed by atoms with van der Waals surface area (Å²) >= 11 is 0. The molecule has 0 N–H and O–H groups in total. The zero-order chi connectivity index (χ0) is 16.4. The first kappa shape index (κ1) is 14.2. The molecule has 112 valence electrons. The van der Waals surface area contributed by atoms with E-state index in [9.17, 15) is 5.26 Å². The molecule has 0 aromatic heterocycles. The molecule has 0 aliphatic rings. The maximum atomic E-state index is 9.24. The highest BCUT2D eigenvalue weighted by atomic mass is 14.7. The molecule has 0 heterocycles. The smallest absolute Gasteiger partial charge is 0.101 e. The zero-order valence-electron chi connectivity index (χ0n) is 13.0. The Kier molecular flexibility index (Phi) is 3.53. The van der Waals surface area contributed by atoms with Gasteiger partial charge in [0.1, 0.15) is 6.07 Å². The first-order valence-electron chi connectivity index (χ1n) is 7.80. The predicted octanol–water partition coefficient (Wildman–Crippen LogP) is 5.62. The summed E-state index contributed by atoms with van der Waals surface area (Å²) < 4.78 is 0. The first-order valence-corrected chi connectivity index (χ1v) is 7.80. The van der Waals surface area contributed by atoms with Gasteiger partial charge in [-0.15, -0.1) is 0 Å². The fourth-order valence-corrected chi connectivity index (χ4v) is 3.00. The Morgan fingerprint density at radius 3 is 2.00 bits per heavy atom. The van der Waals surface area contributed by atoms with Crippen LogP contribution >= 0.6 is 0 Å². The molecule has 0 atom stereocenters. The Bertz CT molecular complexity index is 1060. The molecule has 0 radical (unpaired) electrons. The zero-order valence-corrected chi connectivity index (χ0v) is 13.0. The SMILES string of the molecule is N#Cc1ccccc1N=Cc1c2ccccc2cc2ccccc12. The van der Waals surface area contributed by atoms with E-state index >= 15 is 0 Å². The molecule has 0 spiro atoms. The van der Waals surface area contributed by atoms with Crippen molar-refractivity contribution in [2.24, 2.45) is 4.99 Å². The van der Waals surface area contributed by atoms with Crippen LogP contribution in [0, 0.1) is 11.3 Å². The second-order valence-corrected chi connectivity index (χ2v) is 5.62. The average molecular weight is 306 g/mol. The van der Waals surface area contributed by atoms with Gasteiger partial charge in [-0.05, 0) is 39.7 Å². The fourth-order valence-electron chi connectivity index (χ4n) is 3.00. The van der Waals surface area contributed by atoms with Gasteiger partial charge in [-0.25, -0.2) is 0 Å². The molecule has 24 heavy (non-hydrogen) atoms. The molecule has 2 nitrogen and oxygen atoms in total. The number of rotatable bonds is 2. The highest BCUT2D eigenvalue weighted by molar-refractivity contribution is 6.13. The minimum atomic E-state index is 0.582. The number of para-hydroxylation sites is 1. The van der Waals surface area contributed by atoms with Gasteiger partial charge in [0.25, 0.3) is 0 Å². The summed E-state index contributed by atoms with van der Waals surface area (Å²) in [6.07, 6.45) is 1.88. The predicted molar refractivity (Wildman–Crippen MR) is 99.9 cm³/mol. The van der Waals surface area contributed by atoms with Crippen molar-refractivity contribution in [3.63, 3.8) is 0 Å². The maximum absolute atomic E-state index is 9.24. The third-order valence-electron chi connectivity index (χ3n) is 4.17. The normalized spacial score (nSPS) is 11.1. The summed E-state index contributed by atoms with van der Waals surface area (Å²) in [7, 11) is 0. The summed E-state index contributed by atoms with van der Waals surface area (Å²) in [5.41, 5.74) is 2.35. The second-order valence-electron chi connectivity index (χ2n) is 5.62. The van der Waals surface area contributed by atoms with Crippen molar-refractivity contribution in [1.29, 1.82) is 5.26 Å². The third kappa shape index (κ3) is 2.43. The Balaban J connectivity index is 1.97. The molecular formula is C22H14N2. The first-order chi connectivity index (χ1) is 11.9. The topological polar surface area (TPSA) is 36.1 Å². The van der Waals surface area contributed by atoms with E-state index in [1.165, 1.54) is 10.8 Å². The molecule has 0 saturated carbocycles. The molecule has 0 unspecified atom stereocenters. The maximum Gasteiger partial charge on any atom is 0.101 e. The van der Waals surface area contributed by atoms with Gasteiger partial charge in [-0.2, -0.15) is 5.26 Å². The number of hydrogen-bond acceptors (Lipinski definition) is 2. The van der Waals surface area contributed by atoms with Crippen LogP contribution in [0.2, 0.25) is 0 Å². The van der Waals surface area contributed by atoms with Crippen LogP contribution < -0.4 is 0 Å². The van der Waals surface area contributed by atoms with E-state index in [4.69, 9.17) is 0 Å². The number of aliphatic imine (C=N–C) groups is 1. The van der Waals surface area contributed by atoms with E-state index in [2.05, 4.69) is 41.4 Å². The van der Waals surface area contributed by atoms with Crippen molar-refractivity contribution in [2.45, 2.75) is 0 Å². The van der Waals surface area contributed by atoms with Gasteiger partial charge < -0.3 is 0 Å². The summed E-state index contributed by atoms with van der Waals surface area (Å²) in [5.74, 6) is 0. The molecule has 0 saturated heterocycles. The molecule has 4 aromatic carbocycles. The van der Waals surface area contributed by atoms with Crippen LogP contribution in [0.4, 0.5) is 5.69 Å². The molecule has 0 bridgehead atoms. The van der Waals surface area contributed by atoms with Crippen LogP contribution in [-0.2, 0) is 0 Å². The number of nitriles is 1. The fraction of sp³-hybridized carbons (Fsp3) is 0. The summed E-state index contributed by atoms with van der Waals surface area (Å²) in [6.45, 7) is 0. The molecule has 4 rings (SSSR count). The lowest BCUT2D eigenvalue weighted by Crippen LogP contribution is -1.88. The van der Waals surface area contributed by atoms with E-state index in [0.717, 1.165) is 16.3 Å². The lowest BCUT2D eigenvalue weighted by atomic mass is 9.97. The molecule has 0 amide bonds. The van der Waals surface area contributed by atoms with Gasteiger partial charge in [0.05, 0.1) is 11.3 Å². The van der Waals surface area contributed by atoms with Gasteiger partial charge in [0, 0.05) is 11.8 Å². The van der Waals surface area contributed by atoms with E-state index in [-0.39, 0.29) is 0 Å². The van der Waals surface area contributed by atoms with Crippen molar-refractivity contribution in [3.8, 4) is 6.07 Å². The van der Waals surface area contributed by atoms with E-state index in [1.54, 1.807) is 6.07 Å². The molecular weight excluding hydrogens is 292 g/mol. The van der Waals surface area contributed by atoms with Gasteiger partial charge in [-0.3, -0.25) is 4.99 Å². The van der Waals surface area contributed by atoms with Gasteiger partial charge in [0.2, 0.25) is 0 Å². The Labute approximate surface area is 140 Å². The van der Waals surface area contributed by atoms with Crippen molar-refractivity contribution >= 4 is 33.4 Å². The lowest BCUT2D eigenvalue weighted by Gasteiger charge is -2.08. The number of nitrogens with zero attached hydrogens (tertiary/aromatic N) is 2. The van der Waals surface area contributed by atoms with Crippen LogP contribution in [-0.4, -0.2) is 6.21 Å². The lowest BCUT2D eigenvalue weighted by molar-refractivity contribution is 1.44. The Hall–Kier alpha value is -3.44. The van der Waals surface area contributed by atoms with E-state index < -0.39 is 0 Å². The van der Waals surface area contributed by atoms with Crippen LogP contribution in [0.1, 0.15) is 11.1 Å². The minimum absolute atomic E-state index is 0.582. The standard InChI is InChI=1S/C22H14N2/c23-14-18-9-3-6-12-22(18)24-15-21-19-10-4-1-7-16(19)13-17-8-2-5-11-20(17)21/h1-13,15H. The summed E-state index contributed by atoms with van der Waals surface area (Å²) in [6, 6.07) is 28.4. The van der Waals surface area contributed by atoms with Crippen LogP contribution in [0.15, 0.2) is 83.9 Å². The van der Waals surface area contributed by atoms with Crippen molar-refractivity contribution in [1.82, 2.24) is 0 Å². The van der Waals surface area contributed by atoms with Crippen molar-refractivity contribution in [2.75, 3.05) is 0 Å². The molecule has 4 aromatic rings. The average Bonchev–Trinajstić information content (AvgIpc) is 2.65. The highest BCUT2D eigenvalue weighted by Gasteiger charge is 2.06. The summed E-state index contributed by atoms with van der Waals surface area (Å²) in [4.78, 5) is 4.60. The van der Waals surface area contributed by atoms with E-state index in [0.29, 0.717) is 11.3 Å². The van der Waals surface area contributed by atoms with Gasteiger partial charge in [-0.1, -0.05) is 60.7 Å². The monoisotopic (exact) mass is 306 g/mol. The highest BCUT2D eigenvalue weighted by Crippen LogP contribution is 2.28. The minimum Gasteiger partial charge on any atom is -0.255 e. The number of benzene rings is 4. The van der Waals surface area contributed by atoms with Crippen LogP contribution in [0.5, 0.6) is 0 Å². The second kappa shape index (κ2) is 5.98. The largest absolute Gasteiger partial charge is 0.255 e. The van der Waals surface area contributed by atoms with Crippen molar-refractivity contribution in [3.05, 3.63) is 90.0 Å². The Morgan fingerprint density at radius 1 is 0.750 bits per heavy atom. The van der Waals surface area contributed by atoms with Crippen LogP contribution in [0.3, 0.4) is 0 Å². The quantitative estimate of drug-likeness (QED) is 0.350. The third-order valence-corrected chi connectivity index (χ3v) is 4.17. The van der Waals surface area contributed by atoms with Gasteiger partial charge >= 0.3 is 0 Å². The number of hydrogen-bond donors (Lipinski definition) is 0. The molecule has 0 aliphatic heterocycles. The van der Waals surface area contributed by atoms with Crippen molar-refractivity contribution < 1.29 is 0 Å². The van der Waals surface area contributed by atoms with Gasteiger partial charge in [0.15, 0.2) is 0 Å². The molecule has 2 heteroatoms. The molecule has 0 aliphatic carbocycles. The summed E-state index contributed by atoms with van der Waals surface area (Å²) in [5, 5.41) is 13.9. The van der Waals surface area contributed by atoms with Crippen LogP contribution in [0.25, 0.3) is 21.5 Å². The van der Waals surface area contributed by atoms with E-state index in [1.807, 2.05) is 48.7 Å². The molecule has 0 fully saturated rings. The number of fused-ring (bicyclic) bond motifs is 2. The Morgan fingerprint density at radius 2 is 1.33 bits per heavy atom.